The molecule has 26 heavy (non-hydrogen) atoms. The minimum atomic E-state index is -0.248. The Balaban J connectivity index is 1.94. The summed E-state index contributed by atoms with van der Waals surface area (Å²) in [6, 6.07) is 0. The number of methoxy groups -OCH3 is 1. The lowest BCUT2D eigenvalue weighted by molar-refractivity contribution is 0.0914. The predicted octanol–water partition coefficient (Wildman–Crippen LogP) is 1.56. The molecule has 0 aliphatic carbocycles. The van der Waals surface area contributed by atoms with E-state index in [1.807, 2.05) is 27.0 Å². The summed E-state index contributed by atoms with van der Waals surface area (Å²) in [6.45, 7) is 9.43. The van der Waals surface area contributed by atoms with Gasteiger partial charge in [0.05, 0.1) is 26.0 Å². The van der Waals surface area contributed by atoms with Gasteiger partial charge in [-0.3, -0.25) is 9.98 Å². The first-order valence-electron chi connectivity index (χ1n) is 8.88. The monoisotopic (exact) mass is 363 g/mol. The van der Waals surface area contributed by atoms with Crippen molar-refractivity contribution in [3.05, 3.63) is 23.0 Å². The highest BCUT2D eigenvalue weighted by atomic mass is 16.6. The van der Waals surface area contributed by atoms with E-state index >= 15 is 0 Å². The minimum absolute atomic E-state index is 0.248. The molecule has 0 atom stereocenters. The van der Waals surface area contributed by atoms with Crippen LogP contribution in [0.25, 0.3) is 0 Å². The summed E-state index contributed by atoms with van der Waals surface area (Å²) in [5, 5.41) is 3.36. The van der Waals surface area contributed by atoms with Gasteiger partial charge in [0.2, 0.25) is 0 Å². The number of aliphatic imine (C=N–C) groups is 1. The van der Waals surface area contributed by atoms with Gasteiger partial charge in [0.25, 0.3) is 0 Å². The molecule has 8 nitrogen and oxygen atoms in total. The van der Waals surface area contributed by atoms with E-state index in [4.69, 9.17) is 9.47 Å². The van der Waals surface area contributed by atoms with Gasteiger partial charge in [-0.15, -0.1) is 0 Å². The van der Waals surface area contributed by atoms with Crippen LogP contribution in [0.3, 0.4) is 0 Å². The van der Waals surface area contributed by atoms with Crippen LogP contribution in [-0.4, -0.2) is 73.8 Å². The Kier molecular flexibility index (Phi) is 7.06. The van der Waals surface area contributed by atoms with Crippen LogP contribution in [0.5, 0.6) is 5.75 Å². The standard InChI is InChI=1S/C18H29N5O3/c1-6-26-18(24)23-9-7-22(8-10-23)17(19-4)21-12-15-14(3)16(25-5)13(2)11-20-15/h11H,6-10,12H2,1-5H3,(H,19,21). The van der Waals surface area contributed by atoms with Gasteiger partial charge in [-0.25, -0.2) is 4.79 Å². The molecule has 0 bridgehead atoms. The second kappa shape index (κ2) is 9.26. The molecular formula is C18H29N5O3. The van der Waals surface area contributed by atoms with Gasteiger partial charge in [-0.05, 0) is 20.8 Å². The average molecular weight is 363 g/mol. The van der Waals surface area contributed by atoms with E-state index in [0.717, 1.165) is 28.5 Å². The smallest absolute Gasteiger partial charge is 0.409 e. The number of rotatable bonds is 4. The molecule has 8 heteroatoms. The first-order chi connectivity index (χ1) is 12.5. The Morgan fingerprint density at radius 3 is 2.50 bits per heavy atom. The zero-order valence-corrected chi connectivity index (χ0v) is 16.3. The molecule has 1 aliphatic rings. The third-order valence-electron chi connectivity index (χ3n) is 4.48. The number of nitrogens with one attached hydrogen (secondary N) is 1. The van der Waals surface area contributed by atoms with E-state index in [1.54, 1.807) is 19.1 Å². The number of piperazine rings is 1. The van der Waals surface area contributed by atoms with Gasteiger partial charge in [0.15, 0.2) is 5.96 Å². The third-order valence-corrected chi connectivity index (χ3v) is 4.48. The summed E-state index contributed by atoms with van der Waals surface area (Å²) >= 11 is 0. The van der Waals surface area contributed by atoms with E-state index in [0.29, 0.717) is 39.3 Å². The van der Waals surface area contributed by atoms with Crippen molar-refractivity contribution in [3.63, 3.8) is 0 Å². The maximum Gasteiger partial charge on any atom is 0.409 e. The summed E-state index contributed by atoms with van der Waals surface area (Å²) in [6.07, 6.45) is 1.57. The number of amides is 1. The van der Waals surface area contributed by atoms with Crippen molar-refractivity contribution in [1.29, 1.82) is 0 Å². The molecule has 1 aromatic heterocycles. The summed E-state index contributed by atoms with van der Waals surface area (Å²) < 4.78 is 10.5. The van der Waals surface area contributed by atoms with Gasteiger partial charge in [-0.1, -0.05) is 0 Å². The van der Waals surface area contributed by atoms with Crippen molar-refractivity contribution in [2.75, 3.05) is 46.9 Å². The van der Waals surface area contributed by atoms with E-state index in [-0.39, 0.29) is 6.09 Å². The van der Waals surface area contributed by atoms with Crippen LogP contribution in [0, 0.1) is 13.8 Å². The molecule has 144 valence electrons. The maximum absolute atomic E-state index is 11.8. The van der Waals surface area contributed by atoms with Crippen molar-refractivity contribution in [1.82, 2.24) is 20.1 Å². The lowest BCUT2D eigenvalue weighted by Crippen LogP contribution is -2.53. The topological polar surface area (TPSA) is 79.3 Å². The van der Waals surface area contributed by atoms with Crippen LogP contribution < -0.4 is 10.1 Å². The highest BCUT2D eigenvalue weighted by Gasteiger charge is 2.23. The Labute approximate surface area is 155 Å². The van der Waals surface area contributed by atoms with Crippen LogP contribution in [0.1, 0.15) is 23.7 Å². The van der Waals surface area contributed by atoms with Crippen LogP contribution in [0.15, 0.2) is 11.2 Å². The van der Waals surface area contributed by atoms with Gasteiger partial charge in [-0.2, -0.15) is 0 Å². The quantitative estimate of drug-likeness (QED) is 0.646. The number of hydrogen-bond donors (Lipinski definition) is 1. The molecular weight excluding hydrogens is 334 g/mol. The van der Waals surface area contributed by atoms with Gasteiger partial charge in [0, 0.05) is 50.6 Å². The fourth-order valence-electron chi connectivity index (χ4n) is 3.06. The molecule has 1 saturated heterocycles. The second-order valence-corrected chi connectivity index (χ2v) is 6.12. The molecule has 2 heterocycles. The fraction of sp³-hybridized carbons (Fsp3) is 0.611. The summed E-state index contributed by atoms with van der Waals surface area (Å²) in [7, 11) is 3.44. The first kappa shape index (κ1) is 19.8. The molecule has 0 saturated carbocycles. The number of ether oxygens (including phenoxy) is 2. The molecule has 0 radical (unpaired) electrons. The lowest BCUT2D eigenvalue weighted by atomic mass is 10.1. The number of carbonyl (C=O) groups is 1. The number of guanidine groups is 1. The van der Waals surface area contributed by atoms with E-state index < -0.39 is 0 Å². The molecule has 0 spiro atoms. The third kappa shape index (κ3) is 4.56. The van der Waals surface area contributed by atoms with E-state index in [1.165, 1.54) is 0 Å². The number of aryl methyl sites for hydroxylation is 1. The van der Waals surface area contributed by atoms with Gasteiger partial charge < -0.3 is 24.6 Å². The number of carbonyl (C=O) groups excluding carboxylic acids is 1. The number of aromatic nitrogens is 1. The fourth-order valence-corrected chi connectivity index (χ4v) is 3.06. The van der Waals surface area contributed by atoms with Crippen LogP contribution in [0.2, 0.25) is 0 Å². The van der Waals surface area contributed by atoms with Crippen molar-refractivity contribution < 1.29 is 14.3 Å². The molecule has 1 aromatic rings. The molecule has 2 rings (SSSR count). The van der Waals surface area contributed by atoms with Crippen LogP contribution in [-0.2, 0) is 11.3 Å². The first-order valence-corrected chi connectivity index (χ1v) is 8.88. The Morgan fingerprint density at radius 2 is 1.92 bits per heavy atom. The van der Waals surface area contributed by atoms with Crippen LogP contribution in [0.4, 0.5) is 4.79 Å². The number of hydrogen-bond acceptors (Lipinski definition) is 5. The molecule has 1 fully saturated rings. The number of pyridine rings is 1. The highest BCUT2D eigenvalue weighted by molar-refractivity contribution is 5.80. The zero-order chi connectivity index (χ0) is 19.1. The van der Waals surface area contributed by atoms with Gasteiger partial charge in [0.1, 0.15) is 5.75 Å². The Morgan fingerprint density at radius 1 is 1.27 bits per heavy atom. The van der Waals surface area contributed by atoms with Crippen molar-refractivity contribution in [2.24, 2.45) is 4.99 Å². The normalized spacial score (nSPS) is 15.0. The van der Waals surface area contributed by atoms with E-state index in [9.17, 15) is 4.79 Å². The summed E-state index contributed by atoms with van der Waals surface area (Å²) in [5.74, 6) is 1.67. The Hall–Kier alpha value is -2.51. The van der Waals surface area contributed by atoms with Crippen molar-refractivity contribution in [3.8, 4) is 5.75 Å². The molecule has 1 N–H and O–H groups in total. The Bertz CT molecular complexity index is 654. The number of nitrogens with zero attached hydrogens (tertiary/aromatic N) is 4. The SMILES string of the molecule is CCOC(=O)N1CCN(C(=NC)NCc2ncc(C)c(OC)c2C)CC1. The zero-order valence-electron chi connectivity index (χ0n) is 16.3. The average Bonchev–Trinajstić information content (AvgIpc) is 2.65. The summed E-state index contributed by atoms with van der Waals surface area (Å²) in [5.41, 5.74) is 2.98. The highest BCUT2D eigenvalue weighted by Crippen LogP contribution is 2.23. The van der Waals surface area contributed by atoms with Gasteiger partial charge >= 0.3 is 6.09 Å². The second-order valence-electron chi connectivity index (χ2n) is 6.12. The van der Waals surface area contributed by atoms with Crippen LogP contribution >= 0.6 is 0 Å². The largest absolute Gasteiger partial charge is 0.496 e. The summed E-state index contributed by atoms with van der Waals surface area (Å²) in [4.78, 5) is 24.5. The molecule has 0 unspecified atom stereocenters. The molecule has 0 aromatic carbocycles. The molecule has 1 aliphatic heterocycles. The predicted molar refractivity (Wildman–Crippen MR) is 101 cm³/mol. The minimum Gasteiger partial charge on any atom is -0.496 e. The van der Waals surface area contributed by atoms with Crippen molar-refractivity contribution in [2.45, 2.75) is 27.3 Å². The van der Waals surface area contributed by atoms with E-state index in [2.05, 4.69) is 20.2 Å². The molecule has 1 amide bonds. The lowest BCUT2D eigenvalue weighted by Gasteiger charge is -2.35. The van der Waals surface area contributed by atoms with Crippen molar-refractivity contribution >= 4 is 12.1 Å². The maximum atomic E-state index is 11.8.